The highest BCUT2D eigenvalue weighted by atomic mass is 16.5. The number of benzene rings is 2. The van der Waals surface area contributed by atoms with Crippen molar-refractivity contribution in [2.24, 2.45) is 0 Å². The van der Waals surface area contributed by atoms with Crippen LogP contribution in [-0.2, 0) is 6.61 Å². The van der Waals surface area contributed by atoms with Crippen LogP contribution in [0.3, 0.4) is 0 Å². The van der Waals surface area contributed by atoms with Gasteiger partial charge in [-0.3, -0.25) is 0 Å². The molecule has 0 aliphatic carbocycles. The Morgan fingerprint density at radius 1 is 0.800 bits per heavy atom. The van der Waals surface area contributed by atoms with Crippen molar-refractivity contribution >= 4 is 0 Å². The fraction of sp³-hybridized carbons (Fsp3) is 0.250. The van der Waals surface area contributed by atoms with Crippen LogP contribution in [0, 0.1) is 0 Å². The van der Waals surface area contributed by atoms with Gasteiger partial charge in [0.05, 0.1) is 33.5 Å². The van der Waals surface area contributed by atoms with E-state index in [1.54, 1.807) is 21.3 Å². The van der Waals surface area contributed by atoms with E-state index in [9.17, 15) is 5.11 Å². The highest BCUT2D eigenvalue weighted by molar-refractivity contribution is 5.69. The van der Waals surface area contributed by atoms with Gasteiger partial charge >= 0.3 is 0 Å². The van der Waals surface area contributed by atoms with Gasteiger partial charge in [-0.2, -0.15) is 0 Å². The fourth-order valence-electron chi connectivity index (χ4n) is 2.09. The SMILES string of the molecule is COc1ccc(-c2cc(OC)c(CO)c(OC)c2)cc1. The molecule has 4 nitrogen and oxygen atoms in total. The molecule has 2 aromatic rings. The Kier molecular flexibility index (Phi) is 4.48. The van der Waals surface area contributed by atoms with E-state index < -0.39 is 0 Å². The maximum absolute atomic E-state index is 9.41. The molecule has 0 fully saturated rings. The Morgan fingerprint density at radius 3 is 1.75 bits per heavy atom. The van der Waals surface area contributed by atoms with Crippen LogP contribution in [0.25, 0.3) is 11.1 Å². The van der Waals surface area contributed by atoms with Crippen LogP contribution in [0.5, 0.6) is 17.2 Å². The zero-order chi connectivity index (χ0) is 14.5. The Hall–Kier alpha value is -2.20. The number of ether oxygens (including phenoxy) is 3. The van der Waals surface area contributed by atoms with E-state index in [0.717, 1.165) is 16.9 Å². The monoisotopic (exact) mass is 274 g/mol. The lowest BCUT2D eigenvalue weighted by molar-refractivity contribution is 0.265. The van der Waals surface area contributed by atoms with E-state index in [1.165, 1.54) is 0 Å². The van der Waals surface area contributed by atoms with E-state index >= 15 is 0 Å². The summed E-state index contributed by atoms with van der Waals surface area (Å²) in [5.41, 5.74) is 2.62. The predicted molar refractivity (Wildman–Crippen MR) is 77.5 cm³/mol. The van der Waals surface area contributed by atoms with Crippen molar-refractivity contribution in [2.45, 2.75) is 6.61 Å². The van der Waals surface area contributed by atoms with Gasteiger partial charge in [-0.05, 0) is 35.4 Å². The zero-order valence-electron chi connectivity index (χ0n) is 11.8. The fourth-order valence-corrected chi connectivity index (χ4v) is 2.09. The summed E-state index contributed by atoms with van der Waals surface area (Å²) in [6.07, 6.45) is 0. The van der Waals surface area contributed by atoms with Crippen molar-refractivity contribution in [2.75, 3.05) is 21.3 Å². The molecule has 0 saturated carbocycles. The average Bonchev–Trinajstić information content (AvgIpc) is 2.53. The lowest BCUT2D eigenvalue weighted by Crippen LogP contribution is -1.97. The Bertz CT molecular complexity index is 551. The molecule has 0 unspecified atom stereocenters. The predicted octanol–water partition coefficient (Wildman–Crippen LogP) is 2.87. The first kappa shape index (κ1) is 14.2. The van der Waals surface area contributed by atoms with Crippen molar-refractivity contribution in [1.29, 1.82) is 0 Å². The van der Waals surface area contributed by atoms with Crippen LogP contribution < -0.4 is 14.2 Å². The van der Waals surface area contributed by atoms with Crippen molar-refractivity contribution in [3.8, 4) is 28.4 Å². The first-order valence-corrected chi connectivity index (χ1v) is 6.23. The maximum atomic E-state index is 9.41. The van der Waals surface area contributed by atoms with E-state index in [1.807, 2.05) is 36.4 Å². The second-order valence-electron chi connectivity index (χ2n) is 4.25. The summed E-state index contributed by atoms with van der Waals surface area (Å²) in [5, 5.41) is 9.41. The highest BCUT2D eigenvalue weighted by Crippen LogP contribution is 2.35. The van der Waals surface area contributed by atoms with Crippen molar-refractivity contribution in [3.63, 3.8) is 0 Å². The molecule has 0 aliphatic heterocycles. The van der Waals surface area contributed by atoms with E-state index in [-0.39, 0.29) is 6.61 Å². The molecule has 0 aliphatic rings. The minimum atomic E-state index is -0.130. The molecule has 2 rings (SSSR count). The first-order valence-electron chi connectivity index (χ1n) is 6.23. The van der Waals surface area contributed by atoms with Gasteiger partial charge in [0, 0.05) is 0 Å². The Balaban J connectivity index is 2.50. The van der Waals surface area contributed by atoms with Crippen LogP contribution in [-0.4, -0.2) is 26.4 Å². The molecule has 0 spiro atoms. The number of aliphatic hydroxyl groups is 1. The standard InChI is InChI=1S/C16H18O4/c1-18-13-6-4-11(5-7-13)12-8-15(19-2)14(10-17)16(9-12)20-3/h4-9,17H,10H2,1-3H3. The summed E-state index contributed by atoms with van der Waals surface area (Å²) < 4.78 is 15.8. The van der Waals surface area contributed by atoms with Crippen molar-refractivity contribution in [3.05, 3.63) is 42.0 Å². The summed E-state index contributed by atoms with van der Waals surface area (Å²) in [4.78, 5) is 0. The molecule has 2 aromatic carbocycles. The Morgan fingerprint density at radius 2 is 1.35 bits per heavy atom. The third kappa shape index (κ3) is 2.70. The summed E-state index contributed by atoms with van der Waals surface area (Å²) in [6.45, 7) is -0.130. The molecule has 20 heavy (non-hydrogen) atoms. The smallest absolute Gasteiger partial charge is 0.128 e. The third-order valence-corrected chi connectivity index (χ3v) is 3.19. The summed E-state index contributed by atoms with van der Waals surface area (Å²) in [6, 6.07) is 11.5. The number of hydrogen-bond acceptors (Lipinski definition) is 4. The van der Waals surface area contributed by atoms with Crippen LogP contribution in [0.2, 0.25) is 0 Å². The molecule has 0 atom stereocenters. The van der Waals surface area contributed by atoms with Gasteiger partial charge in [-0.1, -0.05) is 12.1 Å². The van der Waals surface area contributed by atoms with Gasteiger partial charge in [0.15, 0.2) is 0 Å². The van der Waals surface area contributed by atoms with Crippen molar-refractivity contribution in [1.82, 2.24) is 0 Å². The van der Waals surface area contributed by atoms with Gasteiger partial charge < -0.3 is 19.3 Å². The number of rotatable bonds is 5. The highest BCUT2D eigenvalue weighted by Gasteiger charge is 2.12. The molecule has 0 heterocycles. The lowest BCUT2D eigenvalue weighted by atomic mass is 10.0. The molecule has 0 radical (unpaired) electrons. The molecule has 1 N–H and O–H groups in total. The second kappa shape index (κ2) is 6.30. The minimum absolute atomic E-state index is 0.130. The van der Waals surface area contributed by atoms with Crippen LogP contribution in [0.4, 0.5) is 0 Å². The second-order valence-corrected chi connectivity index (χ2v) is 4.25. The van der Waals surface area contributed by atoms with Crippen molar-refractivity contribution < 1.29 is 19.3 Å². The van der Waals surface area contributed by atoms with Gasteiger partial charge in [0.25, 0.3) is 0 Å². The summed E-state index contributed by atoms with van der Waals surface area (Å²) in [5.74, 6) is 2.02. The largest absolute Gasteiger partial charge is 0.497 e. The molecular formula is C16H18O4. The topological polar surface area (TPSA) is 47.9 Å². The normalized spacial score (nSPS) is 10.2. The van der Waals surface area contributed by atoms with Gasteiger partial charge in [0.2, 0.25) is 0 Å². The van der Waals surface area contributed by atoms with Gasteiger partial charge in [-0.15, -0.1) is 0 Å². The molecule has 0 aromatic heterocycles. The first-order chi connectivity index (χ1) is 9.73. The van der Waals surface area contributed by atoms with Crippen LogP contribution >= 0.6 is 0 Å². The molecule has 106 valence electrons. The molecule has 0 bridgehead atoms. The average molecular weight is 274 g/mol. The molecule has 0 saturated heterocycles. The maximum Gasteiger partial charge on any atom is 0.128 e. The molecule has 0 amide bonds. The number of hydrogen-bond donors (Lipinski definition) is 1. The Labute approximate surface area is 118 Å². The number of methoxy groups -OCH3 is 3. The third-order valence-electron chi connectivity index (χ3n) is 3.19. The quantitative estimate of drug-likeness (QED) is 0.910. The molecule has 4 heteroatoms. The minimum Gasteiger partial charge on any atom is -0.497 e. The molecular weight excluding hydrogens is 256 g/mol. The van der Waals surface area contributed by atoms with Gasteiger partial charge in [0.1, 0.15) is 17.2 Å². The van der Waals surface area contributed by atoms with Crippen LogP contribution in [0.1, 0.15) is 5.56 Å². The van der Waals surface area contributed by atoms with Crippen LogP contribution in [0.15, 0.2) is 36.4 Å². The van der Waals surface area contributed by atoms with E-state index in [4.69, 9.17) is 14.2 Å². The van der Waals surface area contributed by atoms with Gasteiger partial charge in [-0.25, -0.2) is 0 Å². The zero-order valence-corrected chi connectivity index (χ0v) is 11.8. The number of aliphatic hydroxyl groups excluding tert-OH is 1. The lowest BCUT2D eigenvalue weighted by Gasteiger charge is -2.14. The van der Waals surface area contributed by atoms with E-state index in [2.05, 4.69) is 0 Å². The summed E-state index contributed by atoms with van der Waals surface area (Å²) >= 11 is 0. The summed E-state index contributed by atoms with van der Waals surface area (Å²) in [7, 11) is 4.79. The van der Waals surface area contributed by atoms with E-state index in [0.29, 0.717) is 17.1 Å².